The number of nitrogens with two attached hydrogens (primary N) is 1. The first kappa shape index (κ1) is 12.0. The molecule has 19 heavy (non-hydrogen) atoms. The molecule has 1 heterocycles. The molecule has 0 aliphatic heterocycles. The SMILES string of the molecule is Nc1c(C(=O)c2ccccc2)oc2cc(Br)ccc12. The quantitative estimate of drug-likeness (QED) is 0.727. The molecule has 0 bridgehead atoms. The Labute approximate surface area is 118 Å². The zero-order chi connectivity index (χ0) is 13.4. The number of ketones is 1. The van der Waals surface area contributed by atoms with Gasteiger partial charge in [0.15, 0.2) is 5.76 Å². The molecule has 3 nitrogen and oxygen atoms in total. The number of benzene rings is 2. The van der Waals surface area contributed by atoms with Gasteiger partial charge in [0.25, 0.3) is 0 Å². The Morgan fingerprint density at radius 2 is 1.84 bits per heavy atom. The fraction of sp³-hybridized carbons (Fsp3) is 0. The van der Waals surface area contributed by atoms with Gasteiger partial charge in [0.2, 0.25) is 5.78 Å². The smallest absolute Gasteiger partial charge is 0.230 e. The molecule has 0 radical (unpaired) electrons. The molecular formula is C15H10BrNO2. The Kier molecular flexibility index (Phi) is 2.87. The molecule has 2 N–H and O–H groups in total. The first-order valence-corrected chi connectivity index (χ1v) is 6.53. The maximum Gasteiger partial charge on any atom is 0.230 e. The van der Waals surface area contributed by atoms with Gasteiger partial charge >= 0.3 is 0 Å². The Bertz CT molecular complexity index is 762. The molecule has 0 aliphatic rings. The molecule has 3 rings (SSSR count). The van der Waals surface area contributed by atoms with Crippen LogP contribution in [0.25, 0.3) is 11.0 Å². The predicted octanol–water partition coefficient (Wildman–Crippen LogP) is 4.01. The molecule has 0 unspecified atom stereocenters. The van der Waals surface area contributed by atoms with Crippen LogP contribution in [-0.2, 0) is 0 Å². The van der Waals surface area contributed by atoms with E-state index in [1.165, 1.54) is 0 Å². The normalized spacial score (nSPS) is 10.8. The highest BCUT2D eigenvalue weighted by atomic mass is 79.9. The molecule has 0 saturated heterocycles. The number of hydrogen-bond acceptors (Lipinski definition) is 3. The molecule has 3 aromatic rings. The number of fused-ring (bicyclic) bond motifs is 1. The molecule has 0 amide bonds. The minimum Gasteiger partial charge on any atom is -0.450 e. The molecule has 0 spiro atoms. The topological polar surface area (TPSA) is 56.2 Å². The lowest BCUT2D eigenvalue weighted by atomic mass is 10.1. The van der Waals surface area contributed by atoms with Crippen LogP contribution in [0.4, 0.5) is 5.69 Å². The van der Waals surface area contributed by atoms with E-state index in [1.807, 2.05) is 30.3 Å². The van der Waals surface area contributed by atoms with Crippen LogP contribution in [0.2, 0.25) is 0 Å². The number of anilines is 1. The van der Waals surface area contributed by atoms with Crippen LogP contribution >= 0.6 is 15.9 Å². The van der Waals surface area contributed by atoms with Gasteiger partial charge in [-0.15, -0.1) is 0 Å². The van der Waals surface area contributed by atoms with Crippen molar-refractivity contribution in [2.45, 2.75) is 0 Å². The van der Waals surface area contributed by atoms with Gasteiger partial charge in [0.05, 0.1) is 5.69 Å². The van der Waals surface area contributed by atoms with Crippen molar-refractivity contribution >= 4 is 38.4 Å². The summed E-state index contributed by atoms with van der Waals surface area (Å²) in [7, 11) is 0. The highest BCUT2D eigenvalue weighted by molar-refractivity contribution is 9.10. The predicted molar refractivity (Wildman–Crippen MR) is 78.2 cm³/mol. The molecule has 4 heteroatoms. The third kappa shape index (κ3) is 2.04. The van der Waals surface area contributed by atoms with E-state index in [9.17, 15) is 4.79 Å². The van der Waals surface area contributed by atoms with E-state index in [1.54, 1.807) is 18.2 Å². The standard InChI is InChI=1S/C15H10BrNO2/c16-10-6-7-11-12(8-10)19-15(13(11)17)14(18)9-4-2-1-3-5-9/h1-8H,17H2. The largest absolute Gasteiger partial charge is 0.450 e. The lowest BCUT2D eigenvalue weighted by molar-refractivity contribution is 0.101. The summed E-state index contributed by atoms with van der Waals surface area (Å²) in [6.45, 7) is 0. The third-order valence-corrected chi connectivity index (χ3v) is 3.43. The van der Waals surface area contributed by atoms with Crippen molar-refractivity contribution in [2.24, 2.45) is 0 Å². The van der Waals surface area contributed by atoms with Crippen LogP contribution in [-0.4, -0.2) is 5.78 Å². The Hall–Kier alpha value is -2.07. The molecule has 2 aromatic carbocycles. The molecule has 0 atom stereocenters. The van der Waals surface area contributed by atoms with Gasteiger partial charge in [-0.05, 0) is 18.2 Å². The van der Waals surface area contributed by atoms with Gasteiger partial charge < -0.3 is 10.2 Å². The summed E-state index contributed by atoms with van der Waals surface area (Å²) in [5, 5.41) is 0.752. The fourth-order valence-corrected chi connectivity index (χ4v) is 2.32. The number of rotatable bonds is 2. The molecule has 94 valence electrons. The third-order valence-electron chi connectivity index (χ3n) is 2.93. The van der Waals surface area contributed by atoms with E-state index in [0.29, 0.717) is 16.8 Å². The zero-order valence-electron chi connectivity index (χ0n) is 9.89. The van der Waals surface area contributed by atoms with Crippen LogP contribution in [0.1, 0.15) is 16.1 Å². The molecule has 0 aliphatic carbocycles. The van der Waals surface area contributed by atoms with Gasteiger partial charge in [0, 0.05) is 15.4 Å². The van der Waals surface area contributed by atoms with Crippen LogP contribution in [0, 0.1) is 0 Å². The lowest BCUT2D eigenvalue weighted by Crippen LogP contribution is -2.02. The van der Waals surface area contributed by atoms with E-state index >= 15 is 0 Å². The number of carbonyl (C=O) groups excluding carboxylic acids is 1. The number of furan rings is 1. The van der Waals surface area contributed by atoms with Crippen LogP contribution in [0.3, 0.4) is 0 Å². The van der Waals surface area contributed by atoms with Crippen molar-refractivity contribution in [3.8, 4) is 0 Å². The van der Waals surface area contributed by atoms with Crippen molar-refractivity contribution in [1.29, 1.82) is 0 Å². The van der Waals surface area contributed by atoms with Gasteiger partial charge in [-0.3, -0.25) is 4.79 Å². The van der Waals surface area contributed by atoms with Crippen molar-refractivity contribution in [1.82, 2.24) is 0 Å². The molecule has 0 saturated carbocycles. The van der Waals surface area contributed by atoms with Crippen molar-refractivity contribution in [3.63, 3.8) is 0 Å². The summed E-state index contributed by atoms with van der Waals surface area (Å²) in [5.41, 5.74) is 7.55. The first-order chi connectivity index (χ1) is 9.16. The summed E-state index contributed by atoms with van der Waals surface area (Å²) in [5.74, 6) is -0.00952. The molecule has 0 fully saturated rings. The highest BCUT2D eigenvalue weighted by Gasteiger charge is 2.19. The summed E-state index contributed by atoms with van der Waals surface area (Å²) in [4.78, 5) is 12.3. The molecule has 1 aromatic heterocycles. The van der Waals surface area contributed by atoms with Crippen LogP contribution in [0.5, 0.6) is 0 Å². The maximum absolute atomic E-state index is 12.3. The van der Waals surface area contributed by atoms with Gasteiger partial charge in [-0.2, -0.15) is 0 Å². The van der Waals surface area contributed by atoms with Gasteiger partial charge in [-0.1, -0.05) is 46.3 Å². The first-order valence-electron chi connectivity index (χ1n) is 5.74. The van der Waals surface area contributed by atoms with E-state index in [-0.39, 0.29) is 11.5 Å². The lowest BCUT2D eigenvalue weighted by Gasteiger charge is -1.97. The van der Waals surface area contributed by atoms with E-state index < -0.39 is 0 Å². The highest BCUT2D eigenvalue weighted by Crippen LogP contribution is 2.31. The number of nitrogen functional groups attached to an aromatic ring is 1. The Morgan fingerprint density at radius 1 is 1.11 bits per heavy atom. The van der Waals surface area contributed by atoms with E-state index in [0.717, 1.165) is 9.86 Å². The zero-order valence-corrected chi connectivity index (χ0v) is 11.5. The van der Waals surface area contributed by atoms with E-state index in [4.69, 9.17) is 10.2 Å². The second-order valence-corrected chi connectivity index (χ2v) is 5.10. The van der Waals surface area contributed by atoms with Crippen molar-refractivity contribution in [2.75, 3.05) is 5.73 Å². The number of hydrogen-bond donors (Lipinski definition) is 1. The van der Waals surface area contributed by atoms with Crippen LogP contribution < -0.4 is 5.73 Å². The van der Waals surface area contributed by atoms with E-state index in [2.05, 4.69) is 15.9 Å². The van der Waals surface area contributed by atoms with Gasteiger partial charge in [-0.25, -0.2) is 0 Å². The van der Waals surface area contributed by atoms with Crippen molar-refractivity contribution < 1.29 is 9.21 Å². The van der Waals surface area contributed by atoms with Crippen molar-refractivity contribution in [3.05, 3.63) is 64.3 Å². The fourth-order valence-electron chi connectivity index (χ4n) is 1.98. The monoisotopic (exact) mass is 315 g/mol. The van der Waals surface area contributed by atoms with Gasteiger partial charge in [0.1, 0.15) is 5.58 Å². The minimum absolute atomic E-state index is 0.194. The molecular weight excluding hydrogens is 306 g/mol. The summed E-state index contributed by atoms with van der Waals surface area (Å²) < 4.78 is 6.47. The maximum atomic E-state index is 12.3. The number of halogens is 1. The average Bonchev–Trinajstić information content (AvgIpc) is 2.75. The summed E-state index contributed by atoms with van der Waals surface area (Å²) in [6, 6.07) is 14.5. The average molecular weight is 316 g/mol. The summed E-state index contributed by atoms with van der Waals surface area (Å²) >= 11 is 3.36. The second-order valence-electron chi connectivity index (χ2n) is 4.18. The second kappa shape index (κ2) is 4.55. The van der Waals surface area contributed by atoms with Crippen LogP contribution in [0.15, 0.2) is 57.4 Å². The Morgan fingerprint density at radius 3 is 2.58 bits per heavy atom. The Balaban J connectivity index is 2.16. The minimum atomic E-state index is -0.203. The number of carbonyl (C=O) groups is 1. The summed E-state index contributed by atoms with van der Waals surface area (Å²) in [6.07, 6.45) is 0.